The maximum Gasteiger partial charge on any atom is 0.404 e. The molecule has 0 aliphatic carbocycles. The lowest BCUT2D eigenvalue weighted by molar-refractivity contribution is 0.0783. The van der Waals surface area contributed by atoms with Gasteiger partial charge in [0.1, 0.15) is 5.69 Å². The number of nitrogens with zero attached hydrogens (tertiary/aromatic N) is 1. The van der Waals surface area contributed by atoms with Crippen LogP contribution in [-0.2, 0) is 0 Å². The molecule has 9 heteroatoms. The highest BCUT2D eigenvalue weighted by atomic mass is 19.2. The number of hydrogen-bond acceptors (Lipinski definition) is 2. The number of H-pyrrole nitrogens is 1. The van der Waals surface area contributed by atoms with Crippen molar-refractivity contribution in [3.05, 3.63) is 35.3 Å². The quantitative estimate of drug-likeness (QED) is 0.738. The smallest absolute Gasteiger partial charge is 0.404 e. The van der Waals surface area contributed by atoms with Crippen LogP contribution in [0.5, 0.6) is 0 Å². The minimum atomic E-state index is -1.61. The van der Waals surface area contributed by atoms with Crippen molar-refractivity contribution in [3.63, 3.8) is 0 Å². The summed E-state index contributed by atoms with van der Waals surface area (Å²) < 4.78 is 40.1. The van der Waals surface area contributed by atoms with Gasteiger partial charge in [0, 0.05) is 18.5 Å². The standard InChI is InChI=1S/C14H12F3N3O3/c15-8-3-6-4-9(19-12(6)11(17)10(8)16)13(21)20-2-1-7(5-20)18-14(22)23/h3-4,7,18-19H,1-2,5H2,(H,22,23)/t7-/m1/s1. The molecule has 1 aromatic heterocycles. The number of aromatic nitrogens is 1. The average molecular weight is 327 g/mol. The molecule has 2 aromatic rings. The molecule has 1 aromatic carbocycles. The summed E-state index contributed by atoms with van der Waals surface area (Å²) in [5.74, 6) is -4.81. The highest BCUT2D eigenvalue weighted by Gasteiger charge is 2.29. The molecule has 1 fully saturated rings. The van der Waals surface area contributed by atoms with E-state index < -0.39 is 29.5 Å². The van der Waals surface area contributed by atoms with E-state index in [1.54, 1.807) is 0 Å². The van der Waals surface area contributed by atoms with Crippen LogP contribution >= 0.6 is 0 Å². The van der Waals surface area contributed by atoms with Crippen molar-refractivity contribution in [1.29, 1.82) is 0 Å². The van der Waals surface area contributed by atoms with Crippen molar-refractivity contribution in [1.82, 2.24) is 15.2 Å². The summed E-state index contributed by atoms with van der Waals surface area (Å²) in [4.78, 5) is 26.8. The molecule has 0 unspecified atom stereocenters. The Morgan fingerprint density at radius 2 is 2.00 bits per heavy atom. The van der Waals surface area contributed by atoms with Crippen molar-refractivity contribution in [2.75, 3.05) is 13.1 Å². The van der Waals surface area contributed by atoms with Crippen molar-refractivity contribution in [3.8, 4) is 0 Å². The van der Waals surface area contributed by atoms with Gasteiger partial charge < -0.3 is 20.3 Å². The fourth-order valence-corrected chi connectivity index (χ4v) is 2.70. The number of carbonyl (C=O) groups excluding carboxylic acids is 1. The first-order chi connectivity index (χ1) is 10.9. The van der Waals surface area contributed by atoms with Gasteiger partial charge in [-0.05, 0) is 18.6 Å². The van der Waals surface area contributed by atoms with E-state index in [1.165, 1.54) is 11.0 Å². The number of likely N-dealkylation sites (tertiary alicyclic amines) is 1. The molecule has 0 bridgehead atoms. The van der Waals surface area contributed by atoms with Crippen molar-refractivity contribution < 1.29 is 27.9 Å². The molecule has 23 heavy (non-hydrogen) atoms. The highest BCUT2D eigenvalue weighted by molar-refractivity contribution is 5.98. The van der Waals surface area contributed by atoms with Gasteiger partial charge in [-0.3, -0.25) is 4.79 Å². The second-order valence-electron chi connectivity index (χ2n) is 5.32. The molecule has 1 saturated heterocycles. The Morgan fingerprint density at radius 3 is 2.70 bits per heavy atom. The van der Waals surface area contributed by atoms with Gasteiger partial charge >= 0.3 is 6.09 Å². The Labute approximate surface area is 127 Å². The lowest BCUT2D eigenvalue weighted by Crippen LogP contribution is -2.37. The zero-order valence-electron chi connectivity index (χ0n) is 11.7. The second-order valence-corrected chi connectivity index (χ2v) is 5.32. The van der Waals surface area contributed by atoms with E-state index >= 15 is 0 Å². The summed E-state index contributed by atoms with van der Waals surface area (Å²) in [6, 6.07) is 1.66. The Balaban J connectivity index is 1.85. The third-order valence-electron chi connectivity index (χ3n) is 3.79. The van der Waals surface area contributed by atoms with Crippen LogP contribution in [0.1, 0.15) is 16.9 Å². The Bertz CT molecular complexity index is 805. The average Bonchev–Trinajstić information content (AvgIpc) is 3.10. The first-order valence-corrected chi connectivity index (χ1v) is 6.81. The number of rotatable bonds is 2. The number of halogens is 3. The molecular weight excluding hydrogens is 315 g/mol. The Morgan fingerprint density at radius 1 is 1.26 bits per heavy atom. The summed E-state index contributed by atoms with van der Waals surface area (Å²) in [6.45, 7) is 0.496. The predicted octanol–water partition coefficient (Wildman–Crippen LogP) is 2.07. The second kappa shape index (κ2) is 5.49. The van der Waals surface area contributed by atoms with Gasteiger partial charge in [0.2, 0.25) is 0 Å². The molecule has 0 spiro atoms. The number of carboxylic acid groups (broad SMARTS) is 1. The molecule has 2 heterocycles. The number of fused-ring (bicyclic) bond motifs is 1. The number of benzene rings is 1. The first kappa shape index (κ1) is 15.2. The predicted molar refractivity (Wildman–Crippen MR) is 73.6 cm³/mol. The van der Waals surface area contributed by atoms with Crippen molar-refractivity contribution in [2.24, 2.45) is 0 Å². The Kier molecular flexibility index (Phi) is 3.63. The van der Waals surface area contributed by atoms with E-state index in [2.05, 4.69) is 10.3 Å². The normalized spacial score (nSPS) is 17.7. The Hall–Kier alpha value is -2.71. The van der Waals surface area contributed by atoms with Crippen LogP contribution < -0.4 is 5.32 Å². The molecule has 3 rings (SSSR count). The fourth-order valence-electron chi connectivity index (χ4n) is 2.70. The molecule has 3 N–H and O–H groups in total. The molecule has 1 aliphatic heterocycles. The molecule has 2 amide bonds. The van der Waals surface area contributed by atoms with Crippen LogP contribution in [0.3, 0.4) is 0 Å². The minimum absolute atomic E-state index is 0.0140. The van der Waals surface area contributed by atoms with E-state index in [0.717, 1.165) is 6.07 Å². The van der Waals surface area contributed by atoms with Gasteiger partial charge in [0.05, 0.1) is 11.6 Å². The summed E-state index contributed by atoms with van der Waals surface area (Å²) in [5.41, 5.74) is -0.300. The fraction of sp³-hybridized carbons (Fsp3) is 0.286. The van der Waals surface area contributed by atoms with Crippen LogP contribution in [0.15, 0.2) is 12.1 Å². The zero-order valence-corrected chi connectivity index (χ0v) is 11.7. The van der Waals surface area contributed by atoms with Crippen LogP contribution in [-0.4, -0.2) is 46.1 Å². The number of carbonyl (C=O) groups is 2. The first-order valence-electron chi connectivity index (χ1n) is 6.81. The maximum atomic E-state index is 13.7. The van der Waals surface area contributed by atoms with Crippen LogP contribution in [0.2, 0.25) is 0 Å². The topological polar surface area (TPSA) is 85.4 Å². The minimum Gasteiger partial charge on any atom is -0.465 e. The SMILES string of the molecule is O=C(O)N[C@@H]1CCN(C(=O)c2cc3cc(F)c(F)c(F)c3[nH]2)C1. The number of nitrogens with one attached hydrogen (secondary N) is 2. The van der Waals surface area contributed by atoms with E-state index in [4.69, 9.17) is 5.11 Å². The van der Waals surface area contributed by atoms with Gasteiger partial charge in [0.15, 0.2) is 17.5 Å². The van der Waals surface area contributed by atoms with Crippen LogP contribution in [0.4, 0.5) is 18.0 Å². The summed E-state index contributed by atoms with van der Waals surface area (Å²) in [6.07, 6.45) is -0.724. The summed E-state index contributed by atoms with van der Waals surface area (Å²) in [5, 5.41) is 11.0. The third kappa shape index (κ3) is 2.69. The van der Waals surface area contributed by atoms with Crippen LogP contribution in [0, 0.1) is 17.5 Å². The summed E-state index contributed by atoms with van der Waals surface area (Å²) in [7, 11) is 0. The van der Waals surface area contributed by atoms with E-state index in [0.29, 0.717) is 13.0 Å². The number of aromatic amines is 1. The molecule has 0 saturated carbocycles. The third-order valence-corrected chi connectivity index (χ3v) is 3.79. The molecule has 6 nitrogen and oxygen atoms in total. The van der Waals surface area contributed by atoms with E-state index in [-0.39, 0.29) is 29.2 Å². The van der Waals surface area contributed by atoms with Gasteiger partial charge in [-0.25, -0.2) is 18.0 Å². The van der Waals surface area contributed by atoms with E-state index in [9.17, 15) is 22.8 Å². The maximum absolute atomic E-state index is 13.7. The molecule has 1 aliphatic rings. The molecular formula is C14H12F3N3O3. The van der Waals surface area contributed by atoms with Gasteiger partial charge in [-0.15, -0.1) is 0 Å². The van der Waals surface area contributed by atoms with Gasteiger partial charge in [-0.1, -0.05) is 0 Å². The van der Waals surface area contributed by atoms with Crippen molar-refractivity contribution in [2.45, 2.75) is 12.5 Å². The monoisotopic (exact) mass is 327 g/mol. The zero-order chi connectivity index (χ0) is 16.7. The van der Waals surface area contributed by atoms with Crippen molar-refractivity contribution >= 4 is 22.9 Å². The largest absolute Gasteiger partial charge is 0.465 e. The molecule has 1 atom stereocenters. The molecule has 122 valence electrons. The van der Waals surface area contributed by atoms with Crippen LogP contribution in [0.25, 0.3) is 10.9 Å². The number of hydrogen-bond donors (Lipinski definition) is 3. The lowest BCUT2D eigenvalue weighted by Gasteiger charge is -2.15. The van der Waals surface area contributed by atoms with E-state index in [1.807, 2.05) is 0 Å². The highest BCUT2D eigenvalue weighted by Crippen LogP contribution is 2.24. The lowest BCUT2D eigenvalue weighted by atomic mass is 10.2. The summed E-state index contributed by atoms with van der Waals surface area (Å²) >= 11 is 0. The molecule has 0 radical (unpaired) electrons. The van der Waals surface area contributed by atoms with Gasteiger partial charge in [-0.2, -0.15) is 0 Å². The van der Waals surface area contributed by atoms with Gasteiger partial charge in [0.25, 0.3) is 5.91 Å². The number of amides is 2.